The van der Waals surface area contributed by atoms with Crippen LogP contribution >= 0.6 is 11.8 Å². The van der Waals surface area contributed by atoms with Gasteiger partial charge in [0.1, 0.15) is 11.9 Å². The zero-order valence-electron chi connectivity index (χ0n) is 13.2. The summed E-state index contributed by atoms with van der Waals surface area (Å²) >= 11 is 1.86. The number of methoxy groups -OCH3 is 1. The maximum absolute atomic E-state index is 13.9. The van der Waals surface area contributed by atoms with Crippen LogP contribution in [0.5, 0.6) is 0 Å². The van der Waals surface area contributed by atoms with Crippen molar-refractivity contribution in [1.29, 1.82) is 0 Å². The number of urea groups is 1. The topological polar surface area (TPSA) is 41.6 Å². The summed E-state index contributed by atoms with van der Waals surface area (Å²) in [5.41, 5.74) is 0.455. The van der Waals surface area contributed by atoms with Gasteiger partial charge in [0.15, 0.2) is 0 Å². The van der Waals surface area contributed by atoms with E-state index in [9.17, 15) is 9.18 Å². The molecule has 0 aromatic heterocycles. The van der Waals surface area contributed by atoms with Crippen molar-refractivity contribution in [2.75, 3.05) is 25.7 Å². The molecule has 1 heterocycles. The summed E-state index contributed by atoms with van der Waals surface area (Å²) in [6.07, 6.45) is 0.501. The van der Waals surface area contributed by atoms with Crippen molar-refractivity contribution < 1.29 is 13.9 Å². The normalized spacial score (nSPS) is 20.5. The molecule has 4 nitrogen and oxygen atoms in total. The lowest BCUT2D eigenvalue weighted by molar-refractivity contribution is 0.0706. The monoisotopic (exact) mass is 326 g/mol. The minimum Gasteiger partial charge on any atom is -0.375 e. The molecule has 2 rings (SSSR count). The van der Waals surface area contributed by atoms with Crippen molar-refractivity contribution in [3.05, 3.63) is 35.6 Å². The van der Waals surface area contributed by atoms with Crippen molar-refractivity contribution in [3.63, 3.8) is 0 Å². The van der Waals surface area contributed by atoms with Gasteiger partial charge in [-0.1, -0.05) is 18.2 Å². The number of ether oxygens (including phenoxy) is 1. The van der Waals surface area contributed by atoms with Crippen LogP contribution in [-0.2, 0) is 4.74 Å². The molecule has 1 aliphatic rings. The fourth-order valence-electron chi connectivity index (χ4n) is 2.67. The molecule has 6 heteroatoms. The fourth-order valence-corrected chi connectivity index (χ4v) is 3.94. The second kappa shape index (κ2) is 7.83. The van der Waals surface area contributed by atoms with Crippen LogP contribution in [0.4, 0.5) is 9.18 Å². The molecule has 0 spiro atoms. The van der Waals surface area contributed by atoms with Crippen LogP contribution < -0.4 is 5.32 Å². The molecule has 1 aromatic carbocycles. The van der Waals surface area contributed by atoms with E-state index in [0.717, 1.165) is 17.9 Å². The Hall–Kier alpha value is -1.27. The molecule has 22 heavy (non-hydrogen) atoms. The zero-order chi connectivity index (χ0) is 16.1. The number of carbonyl (C=O) groups is 1. The number of rotatable bonds is 5. The minimum absolute atomic E-state index is 0.140. The van der Waals surface area contributed by atoms with E-state index in [1.807, 2.05) is 25.7 Å². The molecule has 1 aromatic rings. The summed E-state index contributed by atoms with van der Waals surface area (Å²) in [4.78, 5) is 14.1. The molecular weight excluding hydrogens is 303 g/mol. The van der Waals surface area contributed by atoms with Crippen LogP contribution in [0.3, 0.4) is 0 Å². The van der Waals surface area contributed by atoms with Gasteiger partial charge in [0.05, 0.1) is 6.04 Å². The van der Waals surface area contributed by atoms with Crippen LogP contribution in [0.25, 0.3) is 0 Å². The summed E-state index contributed by atoms with van der Waals surface area (Å²) in [5, 5.41) is 2.92. The van der Waals surface area contributed by atoms with Gasteiger partial charge in [-0.15, -0.1) is 0 Å². The fraction of sp³-hybridized carbons (Fsp3) is 0.562. The number of hydrogen-bond donors (Lipinski definition) is 1. The van der Waals surface area contributed by atoms with E-state index in [1.54, 1.807) is 23.1 Å². The highest BCUT2D eigenvalue weighted by Crippen LogP contribution is 2.24. The Bertz CT molecular complexity index is 509. The molecule has 0 radical (unpaired) electrons. The van der Waals surface area contributed by atoms with Crippen molar-refractivity contribution in [2.24, 2.45) is 0 Å². The Morgan fingerprint density at radius 3 is 2.82 bits per heavy atom. The van der Waals surface area contributed by atoms with Crippen LogP contribution in [0, 0.1) is 5.82 Å². The van der Waals surface area contributed by atoms with Gasteiger partial charge in [-0.25, -0.2) is 9.18 Å². The van der Waals surface area contributed by atoms with Gasteiger partial charge in [0.25, 0.3) is 0 Å². The third-order valence-electron chi connectivity index (χ3n) is 4.04. The quantitative estimate of drug-likeness (QED) is 0.904. The van der Waals surface area contributed by atoms with Crippen LogP contribution in [0.15, 0.2) is 24.3 Å². The first-order chi connectivity index (χ1) is 10.5. The van der Waals surface area contributed by atoms with E-state index in [1.165, 1.54) is 13.2 Å². The van der Waals surface area contributed by atoms with Gasteiger partial charge < -0.3 is 15.0 Å². The summed E-state index contributed by atoms with van der Waals surface area (Å²) in [6, 6.07) is 6.29. The first-order valence-electron chi connectivity index (χ1n) is 7.43. The summed E-state index contributed by atoms with van der Waals surface area (Å²) in [7, 11) is 3.33. The molecule has 1 saturated heterocycles. The third-order valence-corrected chi connectivity index (χ3v) is 5.19. The lowest BCUT2D eigenvalue weighted by Crippen LogP contribution is -2.48. The average Bonchev–Trinajstić information content (AvgIpc) is 3.03. The molecule has 0 unspecified atom stereocenters. The third kappa shape index (κ3) is 3.93. The van der Waals surface area contributed by atoms with Gasteiger partial charge in [-0.05, 0) is 25.2 Å². The van der Waals surface area contributed by atoms with E-state index < -0.39 is 6.10 Å². The van der Waals surface area contributed by atoms with E-state index in [0.29, 0.717) is 5.56 Å². The van der Waals surface area contributed by atoms with E-state index in [2.05, 4.69) is 5.32 Å². The molecule has 1 fully saturated rings. The molecule has 1 N–H and O–H groups in total. The lowest BCUT2D eigenvalue weighted by Gasteiger charge is -2.29. The SMILES string of the molecule is CO[C@H](c1ccccc1F)[C@@H](C)NC(=O)N(C)[C@H]1CCSC1. The Labute approximate surface area is 135 Å². The predicted octanol–water partition coefficient (Wildman–Crippen LogP) is 3.05. The number of carbonyl (C=O) groups excluding carboxylic acids is 1. The van der Waals surface area contributed by atoms with Gasteiger partial charge in [0.2, 0.25) is 0 Å². The number of thioether (sulfide) groups is 1. The van der Waals surface area contributed by atoms with Crippen molar-refractivity contribution in [3.8, 4) is 0 Å². The van der Waals surface area contributed by atoms with Crippen molar-refractivity contribution >= 4 is 17.8 Å². The van der Waals surface area contributed by atoms with Crippen LogP contribution in [0.1, 0.15) is 25.0 Å². The highest BCUT2D eigenvalue weighted by Gasteiger charge is 2.28. The second-order valence-corrected chi connectivity index (χ2v) is 6.69. The first kappa shape index (κ1) is 17.1. The summed E-state index contributed by atoms with van der Waals surface area (Å²) in [5.74, 6) is 1.74. The number of benzene rings is 1. The van der Waals surface area contributed by atoms with Crippen molar-refractivity contribution in [2.45, 2.75) is 31.5 Å². The molecule has 0 aliphatic carbocycles. The smallest absolute Gasteiger partial charge is 0.317 e. The maximum atomic E-state index is 13.9. The molecule has 122 valence electrons. The van der Waals surface area contributed by atoms with Crippen LogP contribution in [0.2, 0.25) is 0 Å². The number of amides is 2. The lowest BCUT2D eigenvalue weighted by atomic mass is 10.0. The second-order valence-electron chi connectivity index (χ2n) is 5.54. The highest BCUT2D eigenvalue weighted by atomic mass is 32.2. The molecule has 2 amide bonds. The van der Waals surface area contributed by atoms with E-state index in [-0.39, 0.29) is 23.9 Å². The maximum Gasteiger partial charge on any atom is 0.317 e. The number of nitrogens with one attached hydrogen (secondary N) is 1. The number of halogens is 1. The minimum atomic E-state index is -0.517. The van der Waals surface area contributed by atoms with Gasteiger partial charge in [-0.2, -0.15) is 11.8 Å². The average molecular weight is 326 g/mol. The molecule has 3 atom stereocenters. The largest absolute Gasteiger partial charge is 0.375 e. The van der Waals surface area contributed by atoms with Crippen molar-refractivity contribution in [1.82, 2.24) is 10.2 Å². The zero-order valence-corrected chi connectivity index (χ0v) is 14.0. The van der Waals surface area contributed by atoms with E-state index in [4.69, 9.17) is 4.74 Å². The molecular formula is C16H23FN2O2S. The molecule has 0 saturated carbocycles. The van der Waals surface area contributed by atoms with Crippen LogP contribution in [-0.4, -0.2) is 48.7 Å². The first-order valence-corrected chi connectivity index (χ1v) is 8.58. The highest BCUT2D eigenvalue weighted by molar-refractivity contribution is 7.99. The Morgan fingerprint density at radius 2 is 2.23 bits per heavy atom. The van der Waals surface area contributed by atoms with E-state index >= 15 is 0 Å². The Kier molecular flexibility index (Phi) is 6.08. The number of nitrogens with zero attached hydrogens (tertiary/aromatic N) is 1. The molecule has 1 aliphatic heterocycles. The van der Waals surface area contributed by atoms with Gasteiger partial charge in [-0.3, -0.25) is 0 Å². The Balaban J connectivity index is 2.01. The van der Waals surface area contributed by atoms with Gasteiger partial charge in [0, 0.05) is 31.5 Å². The number of hydrogen-bond acceptors (Lipinski definition) is 3. The van der Waals surface area contributed by atoms with Gasteiger partial charge >= 0.3 is 6.03 Å². The summed E-state index contributed by atoms with van der Waals surface area (Å²) in [6.45, 7) is 1.83. The molecule has 0 bridgehead atoms. The standard InChI is InChI=1S/C16H23FN2O2S/c1-11(15(21-3)13-6-4-5-7-14(13)17)18-16(20)19(2)12-8-9-22-10-12/h4-7,11-12,15H,8-10H2,1-3H3,(H,18,20)/t11-,12+,15+/m1/s1. The summed E-state index contributed by atoms with van der Waals surface area (Å²) < 4.78 is 19.3. The Morgan fingerprint density at radius 1 is 1.50 bits per heavy atom. The predicted molar refractivity (Wildman–Crippen MR) is 87.6 cm³/mol.